The average molecular weight is 291 g/mol. The molecule has 0 saturated carbocycles. The predicted molar refractivity (Wildman–Crippen MR) is 85.3 cm³/mol. The number of benzene rings is 1. The van der Waals surface area contributed by atoms with Gasteiger partial charge in [0.1, 0.15) is 5.75 Å². The van der Waals surface area contributed by atoms with Gasteiger partial charge in [-0.2, -0.15) is 0 Å². The van der Waals surface area contributed by atoms with Crippen molar-refractivity contribution in [2.45, 2.75) is 13.8 Å². The Hall–Kier alpha value is -1.81. The number of hydrogen-bond donors (Lipinski definition) is 0. The molecule has 1 amide bonds. The lowest BCUT2D eigenvalue weighted by atomic mass is 10.1. The van der Waals surface area contributed by atoms with E-state index in [1.807, 2.05) is 24.3 Å². The van der Waals surface area contributed by atoms with Crippen LogP contribution in [0.25, 0.3) is 6.08 Å². The molecular weight excluding hydrogens is 266 g/mol. The summed E-state index contributed by atoms with van der Waals surface area (Å²) in [6.07, 6.45) is 3.39. The summed E-state index contributed by atoms with van der Waals surface area (Å²) in [5.41, 5.74) is 0.893. The third kappa shape index (κ3) is 6.00. The van der Waals surface area contributed by atoms with Crippen LogP contribution in [0.3, 0.4) is 0 Å². The van der Waals surface area contributed by atoms with E-state index in [9.17, 15) is 4.79 Å². The fourth-order valence-corrected chi connectivity index (χ4v) is 2.00. The van der Waals surface area contributed by atoms with E-state index in [1.54, 1.807) is 31.3 Å². The number of nitrogens with zero attached hydrogens (tertiary/aromatic N) is 1. The Balaban J connectivity index is 2.77. The fraction of sp³-hybridized carbons (Fsp3) is 0.471. The molecule has 1 aromatic rings. The molecule has 0 atom stereocenters. The van der Waals surface area contributed by atoms with Crippen LogP contribution in [-0.4, -0.2) is 44.7 Å². The van der Waals surface area contributed by atoms with E-state index in [4.69, 9.17) is 9.47 Å². The first-order chi connectivity index (χ1) is 10.1. The van der Waals surface area contributed by atoms with Gasteiger partial charge in [-0.05, 0) is 18.1 Å². The minimum absolute atomic E-state index is 0.00773. The van der Waals surface area contributed by atoms with Gasteiger partial charge in [0.15, 0.2) is 0 Å². The molecule has 0 saturated heterocycles. The zero-order valence-corrected chi connectivity index (χ0v) is 13.3. The highest BCUT2D eigenvalue weighted by Gasteiger charge is 2.12. The van der Waals surface area contributed by atoms with Crippen molar-refractivity contribution in [2.24, 2.45) is 5.92 Å². The van der Waals surface area contributed by atoms with Crippen LogP contribution in [0.15, 0.2) is 30.3 Å². The summed E-state index contributed by atoms with van der Waals surface area (Å²) in [5.74, 6) is 1.17. The van der Waals surface area contributed by atoms with Crippen LogP contribution in [-0.2, 0) is 9.53 Å². The molecule has 0 heterocycles. The van der Waals surface area contributed by atoms with Crippen LogP contribution in [0.1, 0.15) is 19.4 Å². The van der Waals surface area contributed by atoms with E-state index in [1.165, 1.54) is 0 Å². The smallest absolute Gasteiger partial charge is 0.246 e. The molecule has 0 unspecified atom stereocenters. The van der Waals surface area contributed by atoms with Gasteiger partial charge >= 0.3 is 0 Å². The molecular formula is C17H25NO3. The first kappa shape index (κ1) is 17.2. The van der Waals surface area contributed by atoms with Crippen molar-refractivity contribution in [3.8, 4) is 5.75 Å². The zero-order chi connectivity index (χ0) is 15.7. The van der Waals surface area contributed by atoms with E-state index >= 15 is 0 Å². The second-order valence-corrected chi connectivity index (χ2v) is 5.25. The Morgan fingerprint density at radius 3 is 2.62 bits per heavy atom. The van der Waals surface area contributed by atoms with Gasteiger partial charge in [-0.3, -0.25) is 4.79 Å². The average Bonchev–Trinajstić information content (AvgIpc) is 2.48. The quantitative estimate of drug-likeness (QED) is 0.691. The minimum atomic E-state index is -0.00773. The second-order valence-electron chi connectivity index (χ2n) is 5.25. The lowest BCUT2D eigenvalue weighted by Crippen LogP contribution is -2.35. The fourth-order valence-electron chi connectivity index (χ4n) is 2.00. The van der Waals surface area contributed by atoms with Crippen molar-refractivity contribution in [1.29, 1.82) is 0 Å². The highest BCUT2D eigenvalue weighted by molar-refractivity contribution is 5.92. The highest BCUT2D eigenvalue weighted by Crippen LogP contribution is 2.18. The first-order valence-corrected chi connectivity index (χ1v) is 7.17. The molecule has 0 aliphatic carbocycles. The predicted octanol–water partition coefficient (Wildman–Crippen LogP) is 2.84. The molecule has 0 bridgehead atoms. The molecule has 0 fully saturated rings. The standard InChI is InChI=1S/C17H25NO3/c1-14(2)13-18(11-12-20-3)17(19)10-9-15-7-5-6-8-16(15)21-4/h5-10,14H,11-13H2,1-4H3/b10-9+. The normalized spacial score (nSPS) is 11.1. The van der Waals surface area contributed by atoms with Gasteiger partial charge in [-0.15, -0.1) is 0 Å². The minimum Gasteiger partial charge on any atom is -0.496 e. The number of amides is 1. The SMILES string of the molecule is COCCN(CC(C)C)C(=O)/C=C/c1ccccc1OC. The van der Waals surface area contributed by atoms with E-state index in [0.717, 1.165) is 17.9 Å². The maximum absolute atomic E-state index is 12.3. The molecule has 116 valence electrons. The summed E-state index contributed by atoms with van der Waals surface area (Å²) in [7, 11) is 3.26. The molecule has 0 N–H and O–H groups in total. The van der Waals surface area contributed by atoms with Crippen molar-refractivity contribution in [1.82, 2.24) is 4.90 Å². The van der Waals surface area contributed by atoms with E-state index in [0.29, 0.717) is 19.1 Å². The number of hydrogen-bond acceptors (Lipinski definition) is 3. The van der Waals surface area contributed by atoms with E-state index in [2.05, 4.69) is 13.8 Å². The van der Waals surface area contributed by atoms with Crippen LogP contribution < -0.4 is 4.74 Å². The highest BCUT2D eigenvalue weighted by atomic mass is 16.5. The third-order valence-corrected chi connectivity index (χ3v) is 3.01. The largest absolute Gasteiger partial charge is 0.496 e. The van der Waals surface area contributed by atoms with Gasteiger partial charge in [0.25, 0.3) is 0 Å². The summed E-state index contributed by atoms with van der Waals surface area (Å²) in [4.78, 5) is 14.1. The van der Waals surface area contributed by atoms with Crippen LogP contribution in [0.4, 0.5) is 0 Å². The second kappa shape index (κ2) is 9.19. The topological polar surface area (TPSA) is 38.8 Å². The Bertz CT molecular complexity index is 469. The summed E-state index contributed by atoms with van der Waals surface area (Å²) >= 11 is 0. The van der Waals surface area contributed by atoms with Crippen molar-refractivity contribution in [3.05, 3.63) is 35.9 Å². The van der Waals surface area contributed by atoms with Crippen molar-refractivity contribution >= 4 is 12.0 Å². The number of rotatable bonds is 8. The maximum atomic E-state index is 12.3. The van der Waals surface area contributed by atoms with Gasteiger partial charge in [-0.1, -0.05) is 32.0 Å². The molecule has 1 rings (SSSR count). The molecule has 0 radical (unpaired) electrons. The van der Waals surface area contributed by atoms with Gasteiger partial charge in [0.05, 0.1) is 13.7 Å². The van der Waals surface area contributed by atoms with Gasteiger partial charge in [0, 0.05) is 31.8 Å². The number of para-hydroxylation sites is 1. The molecule has 21 heavy (non-hydrogen) atoms. The van der Waals surface area contributed by atoms with Crippen molar-refractivity contribution < 1.29 is 14.3 Å². The Morgan fingerprint density at radius 2 is 2.00 bits per heavy atom. The number of carbonyl (C=O) groups excluding carboxylic acids is 1. The third-order valence-electron chi connectivity index (χ3n) is 3.01. The Morgan fingerprint density at radius 1 is 1.29 bits per heavy atom. The first-order valence-electron chi connectivity index (χ1n) is 7.17. The molecule has 4 heteroatoms. The van der Waals surface area contributed by atoms with Gasteiger partial charge in [-0.25, -0.2) is 0 Å². The van der Waals surface area contributed by atoms with Crippen molar-refractivity contribution in [3.63, 3.8) is 0 Å². The van der Waals surface area contributed by atoms with Crippen LogP contribution in [0.2, 0.25) is 0 Å². The molecule has 1 aromatic carbocycles. The zero-order valence-electron chi connectivity index (χ0n) is 13.3. The summed E-state index contributed by atoms with van der Waals surface area (Å²) in [5, 5.41) is 0. The molecule has 4 nitrogen and oxygen atoms in total. The van der Waals surface area contributed by atoms with E-state index < -0.39 is 0 Å². The van der Waals surface area contributed by atoms with Crippen LogP contribution in [0.5, 0.6) is 5.75 Å². The van der Waals surface area contributed by atoms with Gasteiger partial charge < -0.3 is 14.4 Å². The Labute approximate surface area is 127 Å². The Kier molecular flexibility index (Phi) is 7.54. The lowest BCUT2D eigenvalue weighted by molar-refractivity contribution is -0.127. The van der Waals surface area contributed by atoms with Crippen molar-refractivity contribution in [2.75, 3.05) is 33.9 Å². The van der Waals surface area contributed by atoms with E-state index in [-0.39, 0.29) is 5.91 Å². The molecule has 0 aromatic heterocycles. The summed E-state index contributed by atoms with van der Waals surface area (Å²) in [6.45, 7) is 6.05. The van der Waals surface area contributed by atoms with Crippen LogP contribution in [0, 0.1) is 5.92 Å². The molecule has 0 aliphatic rings. The molecule has 0 aliphatic heterocycles. The number of carbonyl (C=O) groups is 1. The summed E-state index contributed by atoms with van der Waals surface area (Å²) in [6, 6.07) is 7.62. The molecule has 0 spiro atoms. The lowest BCUT2D eigenvalue weighted by Gasteiger charge is -2.22. The number of methoxy groups -OCH3 is 2. The van der Waals surface area contributed by atoms with Crippen LogP contribution >= 0.6 is 0 Å². The monoisotopic (exact) mass is 291 g/mol. The maximum Gasteiger partial charge on any atom is 0.246 e. The summed E-state index contributed by atoms with van der Waals surface area (Å²) < 4.78 is 10.3. The number of ether oxygens (including phenoxy) is 2. The van der Waals surface area contributed by atoms with Gasteiger partial charge in [0.2, 0.25) is 5.91 Å².